The molecule has 5 aromatic rings. The highest BCUT2D eigenvalue weighted by Gasteiger charge is 2.40. The smallest absolute Gasteiger partial charge is 0.230 e. The maximum atomic E-state index is 14.6. The van der Waals surface area contributed by atoms with E-state index in [2.05, 4.69) is 55.4 Å². The Morgan fingerprint density at radius 1 is 0.333 bits per heavy atom. The van der Waals surface area contributed by atoms with Gasteiger partial charge in [-0.05, 0) is 166 Å². The molecule has 0 N–H and O–H groups in total. The molecule has 3 heteroatoms. The van der Waals surface area contributed by atoms with E-state index in [1.165, 1.54) is 44.2 Å². The lowest BCUT2D eigenvalue weighted by atomic mass is 9.77. The maximum absolute atomic E-state index is 14.6. The van der Waals surface area contributed by atoms with E-state index in [9.17, 15) is 9.59 Å². The van der Waals surface area contributed by atoms with Crippen LogP contribution in [-0.4, -0.2) is 11.6 Å². The summed E-state index contributed by atoms with van der Waals surface area (Å²) in [7, 11) is 0. The average Bonchev–Trinajstić information content (AvgIpc) is 3.31. The molecule has 1 aromatic heterocycles. The second-order valence-corrected chi connectivity index (χ2v) is 11.9. The van der Waals surface area contributed by atoms with E-state index in [4.69, 9.17) is 4.42 Å². The molecule has 1 heterocycles. The third kappa shape index (κ3) is 2.83. The van der Waals surface area contributed by atoms with Gasteiger partial charge in [0.1, 0.15) is 5.58 Å². The summed E-state index contributed by atoms with van der Waals surface area (Å²) in [5.41, 5.74) is 15.7. The minimum absolute atomic E-state index is 0.101. The van der Waals surface area contributed by atoms with Crippen LogP contribution in [0.3, 0.4) is 0 Å². The van der Waals surface area contributed by atoms with E-state index in [1.807, 2.05) is 27.7 Å². The first-order valence-corrected chi connectivity index (χ1v) is 13.8. The summed E-state index contributed by atoms with van der Waals surface area (Å²) in [6.45, 7) is 25.3. The van der Waals surface area contributed by atoms with Gasteiger partial charge in [0.15, 0.2) is 11.5 Å². The number of hydrogen-bond donors (Lipinski definition) is 0. The van der Waals surface area contributed by atoms with E-state index in [0.29, 0.717) is 22.3 Å². The van der Waals surface area contributed by atoms with E-state index in [-0.39, 0.29) is 17.3 Å². The van der Waals surface area contributed by atoms with Crippen molar-refractivity contribution in [3.63, 3.8) is 0 Å². The van der Waals surface area contributed by atoms with Crippen molar-refractivity contribution in [1.29, 1.82) is 0 Å². The lowest BCUT2D eigenvalue weighted by molar-refractivity contribution is 0.0961. The van der Waals surface area contributed by atoms with Crippen LogP contribution in [0.4, 0.5) is 0 Å². The Kier molecular flexibility index (Phi) is 5.18. The summed E-state index contributed by atoms with van der Waals surface area (Å²) >= 11 is 0. The summed E-state index contributed by atoms with van der Waals surface area (Å²) in [6, 6.07) is 0. The highest BCUT2D eigenvalue weighted by molar-refractivity contribution is 6.38. The van der Waals surface area contributed by atoms with Crippen LogP contribution in [0.25, 0.3) is 32.5 Å². The number of benzene rings is 4. The lowest BCUT2D eigenvalue weighted by Gasteiger charge is -2.23. The molecule has 0 saturated heterocycles. The van der Waals surface area contributed by atoms with Crippen molar-refractivity contribution in [3.8, 4) is 0 Å². The Morgan fingerprint density at radius 2 is 0.667 bits per heavy atom. The standard InChI is InChI=1S/C36H36O3/c1-13-14(2)21(9)27-25(19(13)7)26-20(8)15(3)18(6)24(12)30(26)35-31(27)32-33(37)28-22(10)16(4)17(5)23(11)29(28)34(38)36(32)39-35/h1-12H3. The number of carbonyl (C=O) groups excluding carboxylic acids is 2. The van der Waals surface area contributed by atoms with Crippen LogP contribution < -0.4 is 0 Å². The molecule has 4 aromatic carbocycles. The van der Waals surface area contributed by atoms with Crippen molar-refractivity contribution in [3.05, 3.63) is 89.2 Å². The molecule has 39 heavy (non-hydrogen) atoms. The summed E-state index contributed by atoms with van der Waals surface area (Å²) < 4.78 is 6.64. The van der Waals surface area contributed by atoms with Gasteiger partial charge in [0.05, 0.1) is 5.56 Å². The van der Waals surface area contributed by atoms with E-state index in [1.54, 1.807) is 0 Å². The number of furan rings is 1. The quantitative estimate of drug-likeness (QED) is 0.189. The van der Waals surface area contributed by atoms with Crippen LogP contribution in [0.15, 0.2) is 4.42 Å². The Morgan fingerprint density at radius 3 is 1.13 bits per heavy atom. The second-order valence-electron chi connectivity index (χ2n) is 11.9. The van der Waals surface area contributed by atoms with Crippen molar-refractivity contribution < 1.29 is 14.0 Å². The summed E-state index contributed by atoms with van der Waals surface area (Å²) in [5, 5.41) is 5.19. The topological polar surface area (TPSA) is 47.3 Å². The molecule has 0 spiro atoms. The fourth-order valence-electron chi connectivity index (χ4n) is 7.19. The van der Waals surface area contributed by atoms with Gasteiger partial charge in [-0.3, -0.25) is 9.59 Å². The van der Waals surface area contributed by atoms with Gasteiger partial charge in [-0.1, -0.05) is 0 Å². The van der Waals surface area contributed by atoms with Gasteiger partial charge >= 0.3 is 0 Å². The van der Waals surface area contributed by atoms with Gasteiger partial charge in [0.2, 0.25) is 5.78 Å². The predicted molar refractivity (Wildman–Crippen MR) is 161 cm³/mol. The molecule has 0 fully saturated rings. The molecule has 198 valence electrons. The zero-order valence-corrected chi connectivity index (χ0v) is 25.2. The van der Waals surface area contributed by atoms with E-state index in [0.717, 1.165) is 49.5 Å². The summed E-state index contributed by atoms with van der Waals surface area (Å²) in [6.07, 6.45) is 0. The zero-order valence-electron chi connectivity index (χ0n) is 25.2. The number of aryl methyl sites for hydroxylation is 4. The fraction of sp³-hybridized carbons (Fsp3) is 0.333. The lowest BCUT2D eigenvalue weighted by Crippen LogP contribution is -2.23. The summed E-state index contributed by atoms with van der Waals surface area (Å²) in [5.74, 6) is -0.0963. The van der Waals surface area contributed by atoms with Crippen LogP contribution >= 0.6 is 0 Å². The van der Waals surface area contributed by atoms with Crippen LogP contribution in [0.2, 0.25) is 0 Å². The number of ketones is 2. The first-order chi connectivity index (χ1) is 18.2. The fourth-order valence-corrected chi connectivity index (χ4v) is 7.19. The molecule has 1 aliphatic rings. The third-order valence-electron chi connectivity index (χ3n) is 10.6. The Labute approximate surface area is 230 Å². The van der Waals surface area contributed by atoms with Gasteiger partial charge in [0.25, 0.3) is 0 Å². The number of carbonyl (C=O) groups is 2. The molecular weight excluding hydrogens is 480 g/mol. The van der Waals surface area contributed by atoms with Crippen molar-refractivity contribution in [2.75, 3.05) is 0 Å². The van der Waals surface area contributed by atoms with Gasteiger partial charge in [-0.25, -0.2) is 0 Å². The maximum Gasteiger partial charge on any atom is 0.230 e. The third-order valence-corrected chi connectivity index (χ3v) is 10.6. The molecule has 0 aliphatic heterocycles. The van der Waals surface area contributed by atoms with Gasteiger partial charge in [-0.2, -0.15) is 0 Å². The summed E-state index contributed by atoms with van der Waals surface area (Å²) in [4.78, 5) is 28.8. The zero-order chi connectivity index (χ0) is 28.6. The average molecular weight is 517 g/mol. The van der Waals surface area contributed by atoms with Crippen LogP contribution in [0.1, 0.15) is 98.8 Å². The Bertz CT molecular complexity index is 2040. The normalized spacial score (nSPS) is 13.2. The highest BCUT2D eigenvalue weighted by Crippen LogP contribution is 2.49. The van der Waals surface area contributed by atoms with E-state index >= 15 is 0 Å². The minimum Gasteiger partial charge on any atom is -0.451 e. The second kappa shape index (κ2) is 7.91. The molecule has 0 atom stereocenters. The van der Waals surface area contributed by atoms with Crippen molar-refractivity contribution in [1.82, 2.24) is 0 Å². The first-order valence-electron chi connectivity index (χ1n) is 13.8. The van der Waals surface area contributed by atoms with Gasteiger partial charge in [-0.15, -0.1) is 0 Å². The number of rotatable bonds is 0. The van der Waals surface area contributed by atoms with Gasteiger partial charge in [0, 0.05) is 21.9 Å². The molecule has 3 nitrogen and oxygen atoms in total. The highest BCUT2D eigenvalue weighted by atomic mass is 16.3. The Balaban J connectivity index is 1.98. The van der Waals surface area contributed by atoms with Crippen molar-refractivity contribution in [2.45, 2.75) is 83.1 Å². The van der Waals surface area contributed by atoms with Gasteiger partial charge < -0.3 is 4.42 Å². The molecule has 1 aliphatic carbocycles. The van der Waals surface area contributed by atoms with Crippen LogP contribution in [0.5, 0.6) is 0 Å². The monoisotopic (exact) mass is 516 g/mol. The molecule has 0 amide bonds. The molecule has 6 rings (SSSR count). The Hall–Kier alpha value is -3.72. The predicted octanol–water partition coefficient (Wildman–Crippen LogP) is 9.22. The molecule has 0 unspecified atom stereocenters. The largest absolute Gasteiger partial charge is 0.451 e. The van der Waals surface area contributed by atoms with Crippen LogP contribution in [-0.2, 0) is 0 Å². The molecule has 0 radical (unpaired) electrons. The number of fused-ring (bicyclic) bond motifs is 9. The van der Waals surface area contributed by atoms with Crippen molar-refractivity contribution >= 4 is 44.1 Å². The van der Waals surface area contributed by atoms with E-state index < -0.39 is 0 Å². The van der Waals surface area contributed by atoms with Crippen LogP contribution in [0, 0.1) is 83.1 Å². The SMILES string of the molecule is Cc1c(C)c(C)c2c(c1C)C(=O)c1oc3c4c(C)c(C)c(C)c(C)c4c4c(C)c(C)c(C)c(C)c4c3c1C2=O. The minimum atomic E-state index is -0.183. The first kappa shape index (κ1) is 25.6. The number of hydrogen-bond acceptors (Lipinski definition) is 3. The molecule has 0 bridgehead atoms. The molecule has 0 saturated carbocycles. The van der Waals surface area contributed by atoms with Crippen molar-refractivity contribution in [2.24, 2.45) is 0 Å². The molecular formula is C36H36O3.